The number of carbonyl (C=O) groups is 1. The van der Waals surface area contributed by atoms with E-state index in [1.54, 1.807) is 0 Å². The van der Waals surface area contributed by atoms with Crippen LogP contribution in [0.2, 0.25) is 0 Å². The van der Waals surface area contributed by atoms with Crippen LogP contribution < -0.4 is 5.73 Å². The lowest BCUT2D eigenvalue weighted by atomic mass is 9.98. The number of halogens is 5. The maximum absolute atomic E-state index is 13.0. The average Bonchev–Trinajstić information content (AvgIpc) is 2.35. The highest BCUT2D eigenvalue weighted by atomic mass is 19.4. The molecule has 0 aliphatic heterocycles. The molecule has 0 bridgehead atoms. The molecule has 0 unspecified atom stereocenters. The average molecular weight is 298 g/mol. The first-order valence-corrected chi connectivity index (χ1v) is 5.35. The zero-order valence-electron chi connectivity index (χ0n) is 10.3. The molecular formula is C11H11F5N2O2. The van der Waals surface area contributed by atoms with Crippen LogP contribution in [0.15, 0.2) is 6.20 Å². The van der Waals surface area contributed by atoms with Crippen LogP contribution in [-0.2, 0) is 28.7 Å². The number of rotatable bonds is 4. The minimum atomic E-state index is -4.91. The van der Waals surface area contributed by atoms with Gasteiger partial charge in [0.2, 0.25) is 0 Å². The third-order valence-electron chi connectivity index (χ3n) is 2.58. The molecule has 0 atom stereocenters. The highest BCUT2D eigenvalue weighted by Crippen LogP contribution is 2.37. The van der Waals surface area contributed by atoms with Gasteiger partial charge in [0, 0.05) is 18.3 Å². The summed E-state index contributed by atoms with van der Waals surface area (Å²) >= 11 is 0. The lowest BCUT2D eigenvalue weighted by molar-refractivity contribution is -0.141. The minimum absolute atomic E-state index is 0.382. The molecule has 0 aromatic carbocycles. The van der Waals surface area contributed by atoms with Crippen molar-refractivity contribution in [1.29, 1.82) is 0 Å². The summed E-state index contributed by atoms with van der Waals surface area (Å²) in [5.74, 6) is -1.06. The van der Waals surface area contributed by atoms with Gasteiger partial charge >= 0.3 is 12.1 Å². The molecule has 9 heteroatoms. The number of alkyl halides is 5. The number of pyridine rings is 1. The molecule has 0 saturated carbocycles. The second-order valence-corrected chi connectivity index (χ2v) is 3.77. The quantitative estimate of drug-likeness (QED) is 0.683. The van der Waals surface area contributed by atoms with Crippen molar-refractivity contribution >= 4 is 5.97 Å². The third-order valence-corrected chi connectivity index (χ3v) is 2.58. The highest BCUT2D eigenvalue weighted by Gasteiger charge is 2.37. The van der Waals surface area contributed by atoms with Gasteiger partial charge in [0.1, 0.15) is 0 Å². The van der Waals surface area contributed by atoms with Gasteiger partial charge in [0.15, 0.2) is 0 Å². The number of hydrogen-bond acceptors (Lipinski definition) is 4. The van der Waals surface area contributed by atoms with Crippen LogP contribution >= 0.6 is 0 Å². The first-order chi connectivity index (χ1) is 9.22. The molecule has 0 radical (unpaired) electrons. The molecular weight excluding hydrogens is 287 g/mol. The van der Waals surface area contributed by atoms with Gasteiger partial charge in [-0.05, 0) is 5.56 Å². The van der Waals surface area contributed by atoms with E-state index in [1.165, 1.54) is 0 Å². The Balaban J connectivity index is 3.55. The second-order valence-electron chi connectivity index (χ2n) is 3.77. The Morgan fingerprint density at radius 3 is 2.45 bits per heavy atom. The van der Waals surface area contributed by atoms with Crippen molar-refractivity contribution in [2.75, 3.05) is 7.11 Å². The number of nitrogens with zero attached hydrogens (tertiary/aromatic N) is 1. The van der Waals surface area contributed by atoms with Crippen LogP contribution in [0.3, 0.4) is 0 Å². The fraction of sp³-hybridized carbons (Fsp3) is 0.455. The van der Waals surface area contributed by atoms with E-state index in [1.807, 2.05) is 0 Å². The van der Waals surface area contributed by atoms with Crippen LogP contribution in [0.5, 0.6) is 0 Å². The molecule has 4 nitrogen and oxygen atoms in total. The standard InChI is InChI=1S/C11H11F5N2O2/c1-20-8(19)2-5-6(11(14,15)16)4-18-7(3-17)9(5)10(12)13/h4,10H,2-3,17H2,1H3. The number of aromatic nitrogens is 1. The van der Waals surface area contributed by atoms with Crippen LogP contribution in [0.25, 0.3) is 0 Å². The number of nitrogens with two attached hydrogens (primary N) is 1. The zero-order chi connectivity index (χ0) is 15.5. The Morgan fingerprint density at radius 1 is 1.45 bits per heavy atom. The van der Waals surface area contributed by atoms with Gasteiger partial charge in [0.25, 0.3) is 6.43 Å². The summed E-state index contributed by atoms with van der Waals surface area (Å²) < 4.78 is 68.6. The van der Waals surface area contributed by atoms with Crippen molar-refractivity contribution < 1.29 is 31.5 Å². The smallest absolute Gasteiger partial charge is 0.418 e. The largest absolute Gasteiger partial charge is 0.469 e. The molecule has 20 heavy (non-hydrogen) atoms. The predicted molar refractivity (Wildman–Crippen MR) is 57.8 cm³/mol. The molecule has 1 aromatic heterocycles. The summed E-state index contributed by atoms with van der Waals surface area (Å²) in [4.78, 5) is 14.5. The maximum atomic E-state index is 13.0. The Labute approximate surface area is 110 Å². The summed E-state index contributed by atoms with van der Waals surface area (Å²) in [5.41, 5.74) is 1.59. The first-order valence-electron chi connectivity index (χ1n) is 5.35. The van der Waals surface area contributed by atoms with Crippen LogP contribution in [-0.4, -0.2) is 18.1 Å². The monoisotopic (exact) mass is 298 g/mol. The van der Waals surface area contributed by atoms with Gasteiger partial charge < -0.3 is 10.5 Å². The lowest BCUT2D eigenvalue weighted by Gasteiger charge is -2.18. The van der Waals surface area contributed by atoms with Gasteiger partial charge in [0.05, 0.1) is 24.8 Å². The Hall–Kier alpha value is -1.77. The number of hydrogen-bond donors (Lipinski definition) is 1. The lowest BCUT2D eigenvalue weighted by Crippen LogP contribution is -2.19. The molecule has 1 heterocycles. The van der Waals surface area contributed by atoms with Gasteiger partial charge in [-0.3, -0.25) is 9.78 Å². The summed E-state index contributed by atoms with van der Waals surface area (Å²) in [6.07, 6.45) is -8.68. The number of ether oxygens (including phenoxy) is 1. The van der Waals surface area contributed by atoms with E-state index in [2.05, 4.69) is 9.72 Å². The molecule has 1 rings (SSSR count). The summed E-state index contributed by atoms with van der Waals surface area (Å²) in [5, 5.41) is 0. The molecule has 0 spiro atoms. The van der Waals surface area contributed by atoms with Crippen molar-refractivity contribution in [3.05, 3.63) is 28.6 Å². The molecule has 1 aromatic rings. The molecule has 2 N–H and O–H groups in total. The van der Waals surface area contributed by atoms with Gasteiger partial charge in [-0.15, -0.1) is 0 Å². The predicted octanol–water partition coefficient (Wildman–Crippen LogP) is 2.21. The van der Waals surface area contributed by atoms with Gasteiger partial charge in [-0.2, -0.15) is 13.2 Å². The van der Waals surface area contributed by atoms with Crippen molar-refractivity contribution in [3.8, 4) is 0 Å². The summed E-state index contributed by atoms with van der Waals surface area (Å²) in [6.45, 7) is -0.466. The maximum Gasteiger partial charge on any atom is 0.418 e. The van der Waals surface area contributed by atoms with Crippen molar-refractivity contribution in [2.24, 2.45) is 5.73 Å². The van der Waals surface area contributed by atoms with E-state index in [9.17, 15) is 26.7 Å². The highest BCUT2D eigenvalue weighted by molar-refractivity contribution is 5.73. The first kappa shape index (κ1) is 16.3. The van der Waals surface area contributed by atoms with Crippen LogP contribution in [0, 0.1) is 0 Å². The van der Waals surface area contributed by atoms with Gasteiger partial charge in [-0.1, -0.05) is 0 Å². The molecule has 0 fully saturated rings. The zero-order valence-corrected chi connectivity index (χ0v) is 10.3. The molecule has 112 valence electrons. The van der Waals surface area contributed by atoms with Gasteiger partial charge in [-0.25, -0.2) is 8.78 Å². The number of methoxy groups -OCH3 is 1. The summed E-state index contributed by atoms with van der Waals surface area (Å²) in [6, 6.07) is 0. The Kier molecular flexibility index (Phi) is 4.98. The van der Waals surface area contributed by atoms with Crippen molar-refractivity contribution in [3.63, 3.8) is 0 Å². The molecule has 0 aliphatic rings. The SMILES string of the molecule is COC(=O)Cc1c(C(F)(F)F)cnc(CN)c1C(F)F. The van der Waals surface area contributed by atoms with Crippen LogP contribution in [0.1, 0.15) is 28.8 Å². The van der Waals surface area contributed by atoms with E-state index in [-0.39, 0.29) is 5.69 Å². The van der Waals surface area contributed by atoms with Crippen molar-refractivity contribution in [1.82, 2.24) is 4.98 Å². The Bertz CT molecular complexity index is 502. The minimum Gasteiger partial charge on any atom is -0.469 e. The van der Waals surface area contributed by atoms with E-state index in [0.29, 0.717) is 6.20 Å². The normalized spacial score (nSPS) is 11.8. The molecule has 0 aliphatic carbocycles. The van der Waals surface area contributed by atoms with Crippen molar-refractivity contribution in [2.45, 2.75) is 25.6 Å². The van der Waals surface area contributed by atoms with E-state index in [0.717, 1.165) is 7.11 Å². The molecule has 0 saturated heterocycles. The fourth-order valence-electron chi connectivity index (χ4n) is 1.68. The number of esters is 1. The molecule has 0 amide bonds. The number of carbonyl (C=O) groups excluding carboxylic acids is 1. The van der Waals surface area contributed by atoms with E-state index < -0.39 is 48.2 Å². The second kappa shape index (κ2) is 6.12. The van der Waals surface area contributed by atoms with E-state index >= 15 is 0 Å². The fourth-order valence-corrected chi connectivity index (χ4v) is 1.68. The van der Waals surface area contributed by atoms with E-state index in [4.69, 9.17) is 5.73 Å². The third kappa shape index (κ3) is 3.41. The summed E-state index contributed by atoms with van der Waals surface area (Å²) in [7, 11) is 0.947. The topological polar surface area (TPSA) is 65.2 Å². The Morgan fingerprint density at radius 2 is 2.05 bits per heavy atom. The van der Waals surface area contributed by atoms with Crippen LogP contribution in [0.4, 0.5) is 22.0 Å².